The summed E-state index contributed by atoms with van der Waals surface area (Å²) in [6, 6.07) is 7.01. The molecule has 0 saturated carbocycles. The summed E-state index contributed by atoms with van der Waals surface area (Å²) in [6.07, 6.45) is 13.2. The SMILES string of the molecule is CCCCCc1cccc(CCCCC)c1CCC. The third kappa shape index (κ3) is 5.80. The second kappa shape index (κ2) is 10.1. The first-order valence-corrected chi connectivity index (χ1v) is 8.43. The van der Waals surface area contributed by atoms with Crippen LogP contribution in [-0.4, -0.2) is 0 Å². The number of aryl methyl sites for hydroxylation is 2. The van der Waals surface area contributed by atoms with Gasteiger partial charge >= 0.3 is 0 Å². The fraction of sp³-hybridized carbons (Fsp3) is 0.684. The van der Waals surface area contributed by atoms with Crippen molar-refractivity contribution >= 4 is 0 Å². The van der Waals surface area contributed by atoms with Crippen LogP contribution >= 0.6 is 0 Å². The lowest BCUT2D eigenvalue weighted by Gasteiger charge is -2.14. The predicted octanol–water partition coefficient (Wildman–Crippen LogP) is 6.10. The van der Waals surface area contributed by atoms with Gasteiger partial charge in [-0.1, -0.05) is 71.1 Å². The van der Waals surface area contributed by atoms with E-state index in [1.165, 1.54) is 64.2 Å². The van der Waals surface area contributed by atoms with Gasteiger partial charge in [0.05, 0.1) is 0 Å². The molecule has 0 amide bonds. The summed E-state index contributed by atoms with van der Waals surface area (Å²) < 4.78 is 0. The average Bonchev–Trinajstić information content (AvgIpc) is 2.42. The standard InChI is InChI=1S/C19H32/c1-4-7-9-13-17-15-11-16-18(14-10-8-5-2)19(17)12-6-3/h11,15-16H,4-10,12-14H2,1-3H3. The molecule has 0 atom stereocenters. The molecule has 19 heavy (non-hydrogen) atoms. The number of hydrogen-bond donors (Lipinski definition) is 0. The summed E-state index contributed by atoms with van der Waals surface area (Å²) in [7, 11) is 0. The van der Waals surface area contributed by atoms with E-state index in [9.17, 15) is 0 Å². The Labute approximate surface area is 120 Å². The van der Waals surface area contributed by atoms with Crippen LogP contribution in [0.25, 0.3) is 0 Å². The van der Waals surface area contributed by atoms with Crippen LogP contribution in [0.1, 0.15) is 82.4 Å². The quantitative estimate of drug-likeness (QED) is 0.446. The van der Waals surface area contributed by atoms with Gasteiger partial charge in [-0.2, -0.15) is 0 Å². The van der Waals surface area contributed by atoms with E-state index in [0.29, 0.717) is 0 Å². The van der Waals surface area contributed by atoms with Crippen molar-refractivity contribution in [1.82, 2.24) is 0 Å². The Morgan fingerprint density at radius 1 is 0.632 bits per heavy atom. The number of unbranched alkanes of at least 4 members (excludes halogenated alkanes) is 4. The van der Waals surface area contributed by atoms with Crippen molar-refractivity contribution in [2.45, 2.75) is 85.0 Å². The summed E-state index contributed by atoms with van der Waals surface area (Å²) in [5.74, 6) is 0. The maximum Gasteiger partial charge on any atom is -0.0276 e. The highest BCUT2D eigenvalue weighted by molar-refractivity contribution is 5.35. The largest absolute Gasteiger partial charge is 0.0654 e. The molecule has 0 saturated heterocycles. The van der Waals surface area contributed by atoms with Gasteiger partial charge < -0.3 is 0 Å². The van der Waals surface area contributed by atoms with Crippen molar-refractivity contribution < 1.29 is 0 Å². The van der Waals surface area contributed by atoms with Crippen molar-refractivity contribution in [2.24, 2.45) is 0 Å². The van der Waals surface area contributed by atoms with Gasteiger partial charge in [0.15, 0.2) is 0 Å². The second-order valence-corrected chi connectivity index (χ2v) is 5.72. The van der Waals surface area contributed by atoms with Crippen LogP contribution in [0, 0.1) is 0 Å². The van der Waals surface area contributed by atoms with E-state index in [1.807, 2.05) is 0 Å². The first-order chi connectivity index (χ1) is 9.33. The van der Waals surface area contributed by atoms with Crippen LogP contribution in [0.15, 0.2) is 18.2 Å². The minimum Gasteiger partial charge on any atom is -0.0654 e. The molecule has 1 rings (SSSR count). The summed E-state index contributed by atoms with van der Waals surface area (Å²) in [6.45, 7) is 6.88. The van der Waals surface area contributed by atoms with Crippen LogP contribution in [0.3, 0.4) is 0 Å². The molecule has 1 aromatic rings. The van der Waals surface area contributed by atoms with Gasteiger partial charge in [-0.25, -0.2) is 0 Å². The summed E-state index contributed by atoms with van der Waals surface area (Å²) in [5.41, 5.74) is 4.94. The maximum atomic E-state index is 2.37. The molecule has 0 spiro atoms. The Hall–Kier alpha value is -0.780. The minimum atomic E-state index is 1.27. The molecule has 0 aromatic heterocycles. The molecule has 0 N–H and O–H groups in total. The zero-order valence-electron chi connectivity index (χ0n) is 13.3. The topological polar surface area (TPSA) is 0 Å². The van der Waals surface area contributed by atoms with Crippen molar-refractivity contribution in [1.29, 1.82) is 0 Å². The van der Waals surface area contributed by atoms with Gasteiger partial charge in [0, 0.05) is 0 Å². The van der Waals surface area contributed by atoms with Gasteiger partial charge in [0.25, 0.3) is 0 Å². The predicted molar refractivity (Wildman–Crippen MR) is 86.9 cm³/mol. The maximum absolute atomic E-state index is 2.37. The molecule has 0 aliphatic rings. The molecule has 0 heteroatoms. The molecule has 0 unspecified atom stereocenters. The van der Waals surface area contributed by atoms with Crippen molar-refractivity contribution in [3.8, 4) is 0 Å². The number of hydrogen-bond acceptors (Lipinski definition) is 0. The van der Waals surface area contributed by atoms with Crippen LogP contribution in [0.2, 0.25) is 0 Å². The van der Waals surface area contributed by atoms with Crippen molar-refractivity contribution in [3.63, 3.8) is 0 Å². The first kappa shape index (κ1) is 16.3. The van der Waals surface area contributed by atoms with E-state index in [0.717, 1.165) is 0 Å². The lowest BCUT2D eigenvalue weighted by Crippen LogP contribution is -2.01. The van der Waals surface area contributed by atoms with Crippen LogP contribution < -0.4 is 0 Å². The average molecular weight is 260 g/mol. The fourth-order valence-electron chi connectivity index (χ4n) is 2.86. The Balaban J connectivity index is 2.74. The second-order valence-electron chi connectivity index (χ2n) is 5.72. The van der Waals surface area contributed by atoms with E-state index in [4.69, 9.17) is 0 Å². The monoisotopic (exact) mass is 260 g/mol. The van der Waals surface area contributed by atoms with Gasteiger partial charge in [-0.15, -0.1) is 0 Å². The molecule has 0 radical (unpaired) electrons. The zero-order chi connectivity index (χ0) is 13.9. The highest BCUT2D eigenvalue weighted by Gasteiger charge is 2.07. The molecule has 0 heterocycles. The summed E-state index contributed by atoms with van der Waals surface area (Å²) >= 11 is 0. The fourth-order valence-corrected chi connectivity index (χ4v) is 2.86. The Morgan fingerprint density at radius 3 is 1.58 bits per heavy atom. The Kier molecular flexibility index (Phi) is 8.62. The Bertz CT molecular complexity index is 310. The van der Waals surface area contributed by atoms with E-state index >= 15 is 0 Å². The lowest BCUT2D eigenvalue weighted by atomic mass is 9.91. The smallest absolute Gasteiger partial charge is 0.0276 e. The highest BCUT2D eigenvalue weighted by Crippen LogP contribution is 2.21. The molecule has 0 bridgehead atoms. The lowest BCUT2D eigenvalue weighted by molar-refractivity contribution is 0.697. The molecular weight excluding hydrogens is 228 g/mol. The number of benzene rings is 1. The van der Waals surface area contributed by atoms with E-state index in [1.54, 1.807) is 16.7 Å². The van der Waals surface area contributed by atoms with Gasteiger partial charge in [-0.3, -0.25) is 0 Å². The van der Waals surface area contributed by atoms with E-state index < -0.39 is 0 Å². The molecule has 0 aliphatic heterocycles. The third-order valence-electron chi connectivity index (χ3n) is 3.97. The first-order valence-electron chi connectivity index (χ1n) is 8.43. The van der Waals surface area contributed by atoms with E-state index in [2.05, 4.69) is 39.0 Å². The number of rotatable bonds is 10. The molecule has 0 aliphatic carbocycles. The zero-order valence-corrected chi connectivity index (χ0v) is 13.3. The Morgan fingerprint density at radius 2 is 1.16 bits per heavy atom. The van der Waals surface area contributed by atoms with Crippen LogP contribution in [0.5, 0.6) is 0 Å². The molecule has 108 valence electrons. The summed E-state index contributed by atoms with van der Waals surface area (Å²) in [4.78, 5) is 0. The molecule has 1 aromatic carbocycles. The highest BCUT2D eigenvalue weighted by atomic mass is 14.1. The molecular formula is C19H32. The molecule has 0 nitrogen and oxygen atoms in total. The van der Waals surface area contributed by atoms with Crippen LogP contribution in [-0.2, 0) is 19.3 Å². The van der Waals surface area contributed by atoms with Gasteiger partial charge in [0.2, 0.25) is 0 Å². The van der Waals surface area contributed by atoms with Crippen LogP contribution in [0.4, 0.5) is 0 Å². The summed E-state index contributed by atoms with van der Waals surface area (Å²) in [5, 5.41) is 0. The third-order valence-corrected chi connectivity index (χ3v) is 3.97. The van der Waals surface area contributed by atoms with Gasteiger partial charge in [0.1, 0.15) is 0 Å². The molecule has 0 fully saturated rings. The minimum absolute atomic E-state index is 1.27. The normalized spacial score (nSPS) is 10.9. The van der Waals surface area contributed by atoms with Gasteiger partial charge in [-0.05, 0) is 48.8 Å². The van der Waals surface area contributed by atoms with Crippen molar-refractivity contribution in [2.75, 3.05) is 0 Å². The van der Waals surface area contributed by atoms with E-state index in [-0.39, 0.29) is 0 Å². The van der Waals surface area contributed by atoms with Crippen molar-refractivity contribution in [3.05, 3.63) is 34.9 Å².